The third-order valence-corrected chi connectivity index (χ3v) is 5.23. The highest BCUT2D eigenvalue weighted by atomic mass is 15.3. The third-order valence-electron chi connectivity index (χ3n) is 5.23. The van der Waals surface area contributed by atoms with Crippen LogP contribution in [0.2, 0.25) is 0 Å². The van der Waals surface area contributed by atoms with E-state index < -0.39 is 0 Å². The lowest BCUT2D eigenvalue weighted by atomic mass is 9.89. The number of nitrogens with one attached hydrogen (secondary N) is 1. The van der Waals surface area contributed by atoms with Crippen molar-refractivity contribution in [2.45, 2.75) is 52.1 Å². The molecule has 3 heterocycles. The first-order valence-electron chi connectivity index (χ1n) is 8.38. The average molecular weight is 290 g/mol. The zero-order valence-electron chi connectivity index (χ0n) is 14.2. The highest BCUT2D eigenvalue weighted by Gasteiger charge is 2.43. The molecule has 0 spiro atoms. The highest BCUT2D eigenvalue weighted by Crippen LogP contribution is 2.36. The summed E-state index contributed by atoms with van der Waals surface area (Å²) >= 11 is 0. The smallest absolute Gasteiger partial charge is 0.0722 e. The van der Waals surface area contributed by atoms with E-state index in [1.54, 1.807) is 0 Å². The fourth-order valence-corrected chi connectivity index (χ4v) is 4.36. The minimum absolute atomic E-state index is 0.120. The number of rotatable bonds is 3. The van der Waals surface area contributed by atoms with Gasteiger partial charge in [0.1, 0.15) is 0 Å². The fourth-order valence-electron chi connectivity index (χ4n) is 4.36. The number of aryl methyl sites for hydroxylation is 1. The molecule has 1 aromatic heterocycles. The van der Waals surface area contributed by atoms with Crippen LogP contribution in [-0.2, 0) is 19.0 Å². The van der Waals surface area contributed by atoms with Gasteiger partial charge < -0.3 is 5.32 Å². The number of hydrogen-bond acceptors (Lipinski definition) is 3. The Kier molecular flexibility index (Phi) is 3.87. The van der Waals surface area contributed by atoms with E-state index >= 15 is 0 Å². The predicted molar refractivity (Wildman–Crippen MR) is 86.2 cm³/mol. The van der Waals surface area contributed by atoms with E-state index in [0.717, 1.165) is 24.4 Å². The third kappa shape index (κ3) is 2.76. The van der Waals surface area contributed by atoms with Crippen LogP contribution in [0.3, 0.4) is 0 Å². The second-order valence-electron chi connectivity index (χ2n) is 7.91. The van der Waals surface area contributed by atoms with Gasteiger partial charge >= 0.3 is 0 Å². The Hall–Kier alpha value is -0.870. The summed E-state index contributed by atoms with van der Waals surface area (Å²) in [4.78, 5) is 2.71. The molecule has 0 amide bonds. The van der Waals surface area contributed by atoms with Crippen molar-refractivity contribution in [2.75, 3.05) is 19.6 Å². The average Bonchev–Trinajstić information content (AvgIpc) is 3.02. The lowest BCUT2D eigenvalue weighted by molar-refractivity contribution is 0.209. The highest BCUT2D eigenvalue weighted by molar-refractivity contribution is 5.24. The Morgan fingerprint density at radius 3 is 2.76 bits per heavy atom. The Morgan fingerprint density at radius 1 is 1.33 bits per heavy atom. The minimum Gasteiger partial charge on any atom is -0.316 e. The SMILES string of the molecule is CCC1C2CNCC2CN1Cc1cn(C)nc1C(C)(C)C. The molecule has 4 heteroatoms. The lowest BCUT2D eigenvalue weighted by Gasteiger charge is -2.27. The summed E-state index contributed by atoms with van der Waals surface area (Å²) < 4.78 is 1.98. The Bertz CT molecular complexity index is 499. The van der Waals surface area contributed by atoms with Crippen molar-refractivity contribution in [1.29, 1.82) is 0 Å². The van der Waals surface area contributed by atoms with Gasteiger partial charge in [0, 0.05) is 43.4 Å². The van der Waals surface area contributed by atoms with Crippen LogP contribution in [0.15, 0.2) is 6.20 Å². The summed E-state index contributed by atoms with van der Waals surface area (Å²) in [6.45, 7) is 13.8. The zero-order chi connectivity index (χ0) is 15.2. The second-order valence-corrected chi connectivity index (χ2v) is 7.91. The van der Waals surface area contributed by atoms with Crippen molar-refractivity contribution in [3.63, 3.8) is 0 Å². The quantitative estimate of drug-likeness (QED) is 0.926. The largest absolute Gasteiger partial charge is 0.316 e. The van der Waals surface area contributed by atoms with Gasteiger partial charge in [-0.1, -0.05) is 27.7 Å². The molecule has 118 valence electrons. The number of aromatic nitrogens is 2. The van der Waals surface area contributed by atoms with E-state index in [1.807, 2.05) is 11.7 Å². The van der Waals surface area contributed by atoms with Crippen molar-refractivity contribution in [3.05, 3.63) is 17.5 Å². The molecule has 21 heavy (non-hydrogen) atoms. The van der Waals surface area contributed by atoms with Gasteiger partial charge in [0.2, 0.25) is 0 Å². The molecule has 0 bridgehead atoms. The molecule has 3 atom stereocenters. The predicted octanol–water partition coefficient (Wildman–Crippen LogP) is 2.15. The standard InChI is InChI=1S/C17H30N4/c1-6-15-14-8-18-7-12(14)10-21(15)11-13-9-20(5)19-16(13)17(2,3)4/h9,12,14-15,18H,6-8,10-11H2,1-5H3. The zero-order valence-corrected chi connectivity index (χ0v) is 14.2. The van der Waals surface area contributed by atoms with E-state index in [4.69, 9.17) is 5.10 Å². The van der Waals surface area contributed by atoms with Crippen molar-refractivity contribution in [1.82, 2.24) is 20.0 Å². The summed E-state index contributed by atoms with van der Waals surface area (Å²) in [6.07, 6.45) is 3.48. The van der Waals surface area contributed by atoms with Crippen LogP contribution in [0.5, 0.6) is 0 Å². The topological polar surface area (TPSA) is 33.1 Å². The van der Waals surface area contributed by atoms with Gasteiger partial charge in [-0.05, 0) is 31.3 Å². The van der Waals surface area contributed by atoms with Crippen LogP contribution in [0, 0.1) is 11.8 Å². The molecule has 2 fully saturated rings. The van der Waals surface area contributed by atoms with Crippen molar-refractivity contribution in [3.8, 4) is 0 Å². The molecule has 1 aromatic rings. The number of hydrogen-bond donors (Lipinski definition) is 1. The Labute approximate surface area is 128 Å². The molecule has 0 radical (unpaired) electrons. The molecule has 2 aliphatic heterocycles. The summed E-state index contributed by atoms with van der Waals surface area (Å²) in [5, 5.41) is 8.29. The van der Waals surface area contributed by atoms with Crippen LogP contribution in [-0.4, -0.2) is 40.4 Å². The van der Waals surface area contributed by atoms with Crippen molar-refractivity contribution < 1.29 is 0 Å². The fraction of sp³-hybridized carbons (Fsp3) is 0.824. The van der Waals surface area contributed by atoms with E-state index in [-0.39, 0.29) is 5.41 Å². The van der Waals surface area contributed by atoms with Gasteiger partial charge in [0.15, 0.2) is 0 Å². The summed E-state index contributed by atoms with van der Waals surface area (Å²) in [5.41, 5.74) is 2.79. The number of nitrogens with zero attached hydrogens (tertiary/aromatic N) is 3. The normalized spacial score (nSPS) is 30.0. The molecule has 2 aliphatic rings. The van der Waals surface area contributed by atoms with Gasteiger partial charge in [-0.2, -0.15) is 5.10 Å². The summed E-state index contributed by atoms with van der Waals surface area (Å²) in [5.74, 6) is 1.70. The van der Waals surface area contributed by atoms with E-state index in [2.05, 4.69) is 44.1 Å². The van der Waals surface area contributed by atoms with Gasteiger partial charge in [-0.3, -0.25) is 9.58 Å². The molecular formula is C17H30N4. The first kappa shape index (κ1) is 15.0. The second kappa shape index (κ2) is 5.40. The van der Waals surface area contributed by atoms with Crippen molar-refractivity contribution >= 4 is 0 Å². The van der Waals surface area contributed by atoms with Gasteiger partial charge in [-0.15, -0.1) is 0 Å². The number of likely N-dealkylation sites (tertiary alicyclic amines) is 1. The van der Waals surface area contributed by atoms with Gasteiger partial charge in [-0.25, -0.2) is 0 Å². The molecule has 0 aromatic carbocycles. The van der Waals surface area contributed by atoms with E-state index in [1.165, 1.54) is 37.3 Å². The molecule has 0 aliphatic carbocycles. The Balaban J connectivity index is 1.81. The monoisotopic (exact) mass is 290 g/mol. The molecule has 4 nitrogen and oxygen atoms in total. The molecule has 3 unspecified atom stereocenters. The van der Waals surface area contributed by atoms with Gasteiger partial charge in [0.05, 0.1) is 5.69 Å². The van der Waals surface area contributed by atoms with Crippen LogP contribution in [0.1, 0.15) is 45.4 Å². The lowest BCUT2D eigenvalue weighted by Crippen LogP contribution is -2.35. The maximum absolute atomic E-state index is 4.72. The first-order valence-corrected chi connectivity index (χ1v) is 8.38. The molecule has 0 saturated carbocycles. The molecular weight excluding hydrogens is 260 g/mol. The Morgan fingerprint density at radius 2 is 2.10 bits per heavy atom. The maximum Gasteiger partial charge on any atom is 0.0722 e. The minimum atomic E-state index is 0.120. The molecule has 1 N–H and O–H groups in total. The molecule has 2 saturated heterocycles. The maximum atomic E-state index is 4.72. The van der Waals surface area contributed by atoms with Crippen LogP contribution in [0.25, 0.3) is 0 Å². The van der Waals surface area contributed by atoms with E-state index in [9.17, 15) is 0 Å². The van der Waals surface area contributed by atoms with E-state index in [0.29, 0.717) is 0 Å². The summed E-state index contributed by atoms with van der Waals surface area (Å²) in [7, 11) is 2.04. The van der Waals surface area contributed by atoms with Crippen LogP contribution in [0.4, 0.5) is 0 Å². The van der Waals surface area contributed by atoms with Crippen molar-refractivity contribution in [2.24, 2.45) is 18.9 Å². The molecule has 3 rings (SSSR count). The van der Waals surface area contributed by atoms with Crippen LogP contribution < -0.4 is 5.32 Å². The first-order chi connectivity index (χ1) is 9.90. The van der Waals surface area contributed by atoms with Crippen LogP contribution >= 0.6 is 0 Å². The van der Waals surface area contributed by atoms with Gasteiger partial charge in [0.25, 0.3) is 0 Å². The number of fused-ring (bicyclic) bond motifs is 1. The summed E-state index contributed by atoms with van der Waals surface area (Å²) in [6, 6.07) is 0.734.